The number of aromatic amines is 1. The molecule has 3 aromatic heterocycles. The maximum absolute atomic E-state index is 9.33. The minimum atomic E-state index is 0. The smallest absolute Gasteiger partial charge is 0.180 e. The zero-order valence-electron chi connectivity index (χ0n) is 18.1. The number of pyridine rings is 1. The number of nitrogens with one attached hydrogen (secondary N) is 1. The van der Waals surface area contributed by atoms with Gasteiger partial charge in [0.25, 0.3) is 0 Å². The number of aromatic nitrogens is 5. The van der Waals surface area contributed by atoms with Crippen molar-refractivity contribution in [1.29, 1.82) is 0 Å². The second-order valence-corrected chi connectivity index (χ2v) is 9.07. The van der Waals surface area contributed by atoms with Gasteiger partial charge in [0.15, 0.2) is 5.65 Å². The zero-order chi connectivity index (χ0) is 22.1. The molecule has 0 spiro atoms. The molecule has 8 heteroatoms. The molecule has 1 aliphatic rings. The van der Waals surface area contributed by atoms with Gasteiger partial charge in [-0.1, -0.05) is 26.0 Å². The van der Waals surface area contributed by atoms with E-state index in [0.717, 1.165) is 65.9 Å². The van der Waals surface area contributed by atoms with Crippen molar-refractivity contribution in [2.75, 3.05) is 24.6 Å². The van der Waals surface area contributed by atoms with Crippen molar-refractivity contribution in [2.24, 2.45) is 5.92 Å². The van der Waals surface area contributed by atoms with Crippen LogP contribution in [-0.2, 0) is 6.42 Å². The molecule has 1 aliphatic heterocycles. The van der Waals surface area contributed by atoms with E-state index in [1.54, 1.807) is 12.7 Å². The van der Waals surface area contributed by atoms with Crippen molar-refractivity contribution in [2.45, 2.75) is 46.0 Å². The van der Waals surface area contributed by atoms with E-state index in [9.17, 15) is 5.11 Å². The maximum Gasteiger partial charge on any atom is 0.180 e. The summed E-state index contributed by atoms with van der Waals surface area (Å²) in [5.41, 5.74) is 5.84. The van der Waals surface area contributed by atoms with E-state index in [-0.39, 0.29) is 20.0 Å². The van der Waals surface area contributed by atoms with E-state index in [1.165, 1.54) is 11.3 Å². The average Bonchev–Trinajstić information content (AvgIpc) is 3.30. The highest BCUT2D eigenvalue weighted by Crippen LogP contribution is 2.41. The van der Waals surface area contributed by atoms with Gasteiger partial charge in [-0.3, -0.25) is 4.98 Å². The van der Waals surface area contributed by atoms with Gasteiger partial charge in [-0.15, -0.1) is 0 Å². The highest BCUT2D eigenvalue weighted by molar-refractivity contribution is 6.36. The Bertz CT molecular complexity index is 1230. The number of H-pyrrole nitrogens is 1. The Hall–Kier alpha value is -2.77. The Morgan fingerprint density at radius 1 is 1.21 bits per heavy atom. The number of nitrogens with zero attached hydrogens (tertiary/aromatic N) is 5. The number of fused-ring (bicyclic) bond motifs is 2. The molecule has 1 unspecified atom stereocenters. The van der Waals surface area contributed by atoms with Gasteiger partial charge >= 0.3 is 0 Å². The number of benzene rings is 1. The predicted octanol–water partition coefficient (Wildman–Crippen LogP) is 5.14. The van der Waals surface area contributed by atoms with Crippen LogP contribution in [0.25, 0.3) is 22.1 Å². The lowest BCUT2D eigenvalue weighted by atomic mass is 9.89. The topological polar surface area (TPSA) is 90.8 Å². The molecule has 4 heterocycles. The third-order valence-electron chi connectivity index (χ3n) is 6.65. The van der Waals surface area contributed by atoms with Crippen molar-refractivity contribution < 1.29 is 5.11 Å². The molecule has 1 fully saturated rings. The van der Waals surface area contributed by atoms with E-state index < -0.39 is 0 Å². The van der Waals surface area contributed by atoms with Crippen molar-refractivity contribution >= 4 is 39.4 Å². The molecule has 33 heavy (non-hydrogen) atoms. The molecule has 1 atom stereocenters. The quantitative estimate of drug-likeness (QED) is 0.409. The average molecular weight is 467 g/mol. The molecule has 0 saturated carbocycles. The lowest BCUT2D eigenvalue weighted by Gasteiger charge is -2.36. The van der Waals surface area contributed by atoms with Gasteiger partial charge in [0.05, 0.1) is 28.2 Å². The second-order valence-electron chi connectivity index (χ2n) is 8.67. The summed E-state index contributed by atoms with van der Waals surface area (Å²) >= 11 is 6.73. The number of hydrogen-bond donors (Lipinski definition) is 2. The summed E-state index contributed by atoms with van der Waals surface area (Å²) in [6, 6.07) is 6.08. The molecule has 1 aromatic carbocycles. The Morgan fingerprint density at radius 3 is 2.82 bits per heavy atom. The van der Waals surface area contributed by atoms with Crippen molar-refractivity contribution in [3.8, 4) is 0 Å². The van der Waals surface area contributed by atoms with E-state index in [2.05, 4.69) is 37.8 Å². The van der Waals surface area contributed by atoms with E-state index >= 15 is 0 Å². The van der Waals surface area contributed by atoms with Crippen LogP contribution in [0.15, 0.2) is 37.1 Å². The van der Waals surface area contributed by atoms with Gasteiger partial charge in [-0.25, -0.2) is 15.0 Å². The number of aliphatic hydroxyl groups excluding tert-OH is 1. The number of rotatable bonds is 6. The number of halogens is 1. The Balaban J connectivity index is 0.00000259. The molecular formula is C25H31ClN6O. The fourth-order valence-corrected chi connectivity index (χ4v) is 5.18. The van der Waals surface area contributed by atoms with Crippen LogP contribution >= 0.6 is 11.6 Å². The van der Waals surface area contributed by atoms with Crippen molar-refractivity contribution in [1.82, 2.24) is 24.9 Å². The first-order chi connectivity index (χ1) is 15.7. The summed E-state index contributed by atoms with van der Waals surface area (Å²) < 4.78 is 0. The fourth-order valence-electron chi connectivity index (χ4n) is 4.91. The Morgan fingerprint density at radius 2 is 2.03 bits per heavy atom. The molecular weight excluding hydrogens is 436 g/mol. The molecule has 174 valence electrons. The number of imidazole rings is 1. The largest absolute Gasteiger partial charge is 0.396 e. The summed E-state index contributed by atoms with van der Waals surface area (Å²) in [6.45, 7) is 4.39. The van der Waals surface area contributed by atoms with Gasteiger partial charge in [0.1, 0.15) is 11.8 Å². The second kappa shape index (κ2) is 10.0. The summed E-state index contributed by atoms with van der Waals surface area (Å²) in [6.07, 6.45) is 8.85. The zero-order valence-corrected chi connectivity index (χ0v) is 18.9. The van der Waals surface area contributed by atoms with Gasteiger partial charge in [-0.2, -0.15) is 0 Å². The van der Waals surface area contributed by atoms with Gasteiger partial charge < -0.3 is 15.0 Å². The molecule has 0 amide bonds. The van der Waals surface area contributed by atoms with Crippen LogP contribution in [0.1, 0.15) is 50.8 Å². The number of aliphatic hydroxyl groups is 1. The van der Waals surface area contributed by atoms with Gasteiger partial charge in [0, 0.05) is 31.3 Å². The van der Waals surface area contributed by atoms with Crippen molar-refractivity contribution in [3.63, 3.8) is 0 Å². The number of piperidine rings is 1. The van der Waals surface area contributed by atoms with Crippen LogP contribution in [0.3, 0.4) is 0 Å². The third kappa shape index (κ3) is 4.52. The fraction of sp³-hybridized carbons (Fsp3) is 0.440. The highest BCUT2D eigenvalue weighted by Gasteiger charge is 2.26. The normalized spacial score (nSPS) is 15.7. The predicted molar refractivity (Wildman–Crippen MR) is 134 cm³/mol. The van der Waals surface area contributed by atoms with E-state index in [1.807, 2.05) is 18.3 Å². The molecule has 2 N–H and O–H groups in total. The monoisotopic (exact) mass is 466 g/mol. The first-order valence-electron chi connectivity index (χ1n) is 11.2. The standard InChI is InChI=1S/C24H27ClN6O.CH4/c1-15(11-20-22-24(29-13-27-20)30-14-28-22)18-12-19(25)17-3-2-7-26-21(17)23(18)31-8-4-16(5-9-31)6-10-32;/h2-3,7,12-16,32H,4-6,8-11H2,1H3,(H,27,28,29,30);1H4. The van der Waals surface area contributed by atoms with Gasteiger partial charge in [-0.05, 0) is 61.3 Å². The molecule has 0 bridgehead atoms. The lowest BCUT2D eigenvalue weighted by Crippen LogP contribution is -2.35. The SMILES string of the molecule is C.CC(Cc1ncnc2nc[nH]c12)c1cc(Cl)c2cccnc2c1N1CCC(CCO)CC1. The lowest BCUT2D eigenvalue weighted by molar-refractivity contribution is 0.240. The summed E-state index contributed by atoms with van der Waals surface area (Å²) in [4.78, 5) is 23.4. The van der Waals surface area contributed by atoms with Crippen LogP contribution in [-0.4, -0.2) is 49.7 Å². The molecule has 0 radical (unpaired) electrons. The number of hydrogen-bond acceptors (Lipinski definition) is 6. The first-order valence-corrected chi connectivity index (χ1v) is 11.6. The molecule has 5 rings (SSSR count). The van der Waals surface area contributed by atoms with Crippen LogP contribution in [0.5, 0.6) is 0 Å². The van der Waals surface area contributed by atoms with Crippen molar-refractivity contribution in [3.05, 3.63) is 53.3 Å². The summed E-state index contributed by atoms with van der Waals surface area (Å²) in [5.74, 6) is 0.754. The number of anilines is 1. The minimum absolute atomic E-state index is 0. The summed E-state index contributed by atoms with van der Waals surface area (Å²) in [7, 11) is 0. The van der Waals surface area contributed by atoms with E-state index in [4.69, 9.17) is 16.6 Å². The molecule has 4 aromatic rings. The van der Waals surface area contributed by atoms with Gasteiger partial charge in [0.2, 0.25) is 0 Å². The Labute approximate surface area is 199 Å². The minimum Gasteiger partial charge on any atom is -0.396 e. The van der Waals surface area contributed by atoms with Crippen LogP contribution in [0.2, 0.25) is 5.02 Å². The van der Waals surface area contributed by atoms with E-state index in [0.29, 0.717) is 11.6 Å². The maximum atomic E-state index is 9.33. The third-order valence-corrected chi connectivity index (χ3v) is 6.96. The Kier molecular flexibility index (Phi) is 7.10. The highest BCUT2D eigenvalue weighted by atomic mass is 35.5. The van der Waals surface area contributed by atoms with Crippen LogP contribution < -0.4 is 4.90 Å². The first kappa shape index (κ1) is 23.4. The van der Waals surface area contributed by atoms with Crippen LogP contribution in [0.4, 0.5) is 5.69 Å². The summed E-state index contributed by atoms with van der Waals surface area (Å²) in [5, 5.41) is 11.0. The molecule has 0 aliphatic carbocycles. The molecule has 1 saturated heterocycles. The molecule has 7 nitrogen and oxygen atoms in total. The van der Waals surface area contributed by atoms with Crippen LogP contribution in [0, 0.1) is 5.92 Å².